The number of carbonyl (C=O) groups excluding carboxylic acids is 1. The molecule has 1 aliphatic carbocycles. The van der Waals surface area contributed by atoms with Crippen molar-refractivity contribution in [2.45, 2.75) is 46.0 Å². The third-order valence-corrected chi connectivity index (χ3v) is 6.17. The SMILES string of the molecule is CCOc1ccc(OCC)c(C2C(C#N)=C(N)N(c3ccccc3C)C3=C2C(=O)CCC3)c1. The molecule has 2 aromatic carbocycles. The Morgan fingerprint density at radius 2 is 1.88 bits per heavy atom. The number of ketones is 1. The molecular weight excluding hydrogens is 414 g/mol. The maximum Gasteiger partial charge on any atom is 0.161 e. The van der Waals surface area contributed by atoms with E-state index < -0.39 is 5.92 Å². The van der Waals surface area contributed by atoms with Gasteiger partial charge in [0, 0.05) is 23.3 Å². The number of nitrogens with two attached hydrogens (primary N) is 1. The van der Waals surface area contributed by atoms with Crippen molar-refractivity contribution >= 4 is 11.5 Å². The molecule has 6 heteroatoms. The van der Waals surface area contributed by atoms with Gasteiger partial charge in [-0.25, -0.2) is 0 Å². The van der Waals surface area contributed by atoms with Crippen molar-refractivity contribution in [2.75, 3.05) is 18.1 Å². The summed E-state index contributed by atoms with van der Waals surface area (Å²) in [4.78, 5) is 15.3. The molecule has 0 amide bonds. The quantitative estimate of drug-likeness (QED) is 0.668. The van der Waals surface area contributed by atoms with Gasteiger partial charge in [0.25, 0.3) is 0 Å². The van der Waals surface area contributed by atoms with Gasteiger partial charge in [0.05, 0.1) is 36.5 Å². The first-order chi connectivity index (χ1) is 16.0. The van der Waals surface area contributed by atoms with Crippen LogP contribution in [0.25, 0.3) is 0 Å². The number of hydrogen-bond acceptors (Lipinski definition) is 6. The minimum Gasteiger partial charge on any atom is -0.494 e. The van der Waals surface area contributed by atoms with Gasteiger partial charge in [-0.2, -0.15) is 5.26 Å². The van der Waals surface area contributed by atoms with Crippen LogP contribution >= 0.6 is 0 Å². The Hall–Kier alpha value is -3.72. The Kier molecular flexibility index (Phi) is 6.41. The topological polar surface area (TPSA) is 88.6 Å². The molecule has 4 rings (SSSR count). The van der Waals surface area contributed by atoms with E-state index >= 15 is 0 Å². The summed E-state index contributed by atoms with van der Waals surface area (Å²) in [6.45, 7) is 6.80. The highest BCUT2D eigenvalue weighted by molar-refractivity contribution is 6.01. The third kappa shape index (κ3) is 3.95. The monoisotopic (exact) mass is 443 g/mol. The van der Waals surface area contributed by atoms with Crippen molar-refractivity contribution in [1.29, 1.82) is 5.26 Å². The van der Waals surface area contributed by atoms with Gasteiger partial charge in [0.2, 0.25) is 0 Å². The fourth-order valence-electron chi connectivity index (χ4n) is 4.78. The molecule has 0 bridgehead atoms. The zero-order chi connectivity index (χ0) is 23.5. The molecule has 0 spiro atoms. The Morgan fingerprint density at radius 3 is 2.58 bits per heavy atom. The van der Waals surface area contributed by atoms with Gasteiger partial charge in [-0.15, -0.1) is 0 Å². The first kappa shape index (κ1) is 22.5. The van der Waals surface area contributed by atoms with Gasteiger partial charge < -0.3 is 15.2 Å². The van der Waals surface area contributed by atoms with Crippen LogP contribution in [-0.4, -0.2) is 19.0 Å². The third-order valence-electron chi connectivity index (χ3n) is 6.17. The lowest BCUT2D eigenvalue weighted by molar-refractivity contribution is -0.116. The van der Waals surface area contributed by atoms with Crippen molar-refractivity contribution in [2.24, 2.45) is 5.73 Å². The fourth-order valence-corrected chi connectivity index (χ4v) is 4.78. The summed E-state index contributed by atoms with van der Waals surface area (Å²) in [5.74, 6) is 1.10. The van der Waals surface area contributed by atoms with E-state index in [9.17, 15) is 10.1 Å². The van der Waals surface area contributed by atoms with Crippen LogP contribution in [0.4, 0.5) is 5.69 Å². The maximum atomic E-state index is 13.4. The second-order valence-electron chi connectivity index (χ2n) is 8.17. The number of Topliss-reactive ketones (excluding diaryl/α,β-unsaturated/α-hetero) is 1. The fraction of sp³-hybridized carbons (Fsp3) is 0.333. The van der Waals surface area contributed by atoms with E-state index in [4.69, 9.17) is 15.2 Å². The van der Waals surface area contributed by atoms with Gasteiger partial charge in [-0.3, -0.25) is 9.69 Å². The highest BCUT2D eigenvalue weighted by Gasteiger charge is 2.41. The number of hydrogen-bond donors (Lipinski definition) is 1. The molecular formula is C27H29N3O3. The summed E-state index contributed by atoms with van der Waals surface area (Å²) in [5, 5.41) is 10.3. The largest absolute Gasteiger partial charge is 0.494 e. The number of ether oxygens (including phenoxy) is 2. The molecule has 33 heavy (non-hydrogen) atoms. The van der Waals surface area contributed by atoms with E-state index in [0.29, 0.717) is 54.5 Å². The predicted octanol–water partition coefficient (Wildman–Crippen LogP) is 5.10. The van der Waals surface area contributed by atoms with Crippen LogP contribution in [0.2, 0.25) is 0 Å². The molecule has 2 N–H and O–H groups in total. The molecule has 1 atom stereocenters. The zero-order valence-corrected chi connectivity index (χ0v) is 19.4. The number of nitriles is 1. The number of nitrogens with zero attached hydrogens (tertiary/aromatic N) is 2. The van der Waals surface area contributed by atoms with Crippen LogP contribution < -0.4 is 20.1 Å². The van der Waals surface area contributed by atoms with Crippen molar-refractivity contribution < 1.29 is 14.3 Å². The Morgan fingerprint density at radius 1 is 1.12 bits per heavy atom. The van der Waals surface area contributed by atoms with E-state index in [2.05, 4.69) is 6.07 Å². The van der Waals surface area contributed by atoms with Crippen LogP contribution in [0.3, 0.4) is 0 Å². The Balaban J connectivity index is 2.00. The Labute approximate surface area is 194 Å². The molecule has 0 fully saturated rings. The summed E-state index contributed by atoms with van der Waals surface area (Å²) in [6.07, 6.45) is 1.91. The van der Waals surface area contributed by atoms with E-state index in [1.54, 1.807) is 0 Å². The molecule has 2 aliphatic rings. The average Bonchev–Trinajstić information content (AvgIpc) is 2.81. The average molecular weight is 444 g/mol. The molecule has 2 aromatic rings. The lowest BCUT2D eigenvalue weighted by Gasteiger charge is -2.40. The number of carbonyl (C=O) groups is 1. The first-order valence-electron chi connectivity index (χ1n) is 11.4. The minimum absolute atomic E-state index is 0.0457. The lowest BCUT2D eigenvalue weighted by Crippen LogP contribution is -2.39. The second-order valence-corrected chi connectivity index (χ2v) is 8.17. The highest BCUT2D eigenvalue weighted by Crippen LogP contribution is 2.49. The van der Waals surface area contributed by atoms with E-state index in [1.807, 2.05) is 68.1 Å². The van der Waals surface area contributed by atoms with Crippen molar-refractivity contribution in [1.82, 2.24) is 0 Å². The molecule has 0 saturated heterocycles. The number of allylic oxidation sites excluding steroid dienone is 3. The minimum atomic E-state index is -0.597. The summed E-state index contributed by atoms with van der Waals surface area (Å²) in [7, 11) is 0. The molecule has 1 aliphatic heterocycles. The number of rotatable bonds is 6. The molecule has 6 nitrogen and oxygen atoms in total. The molecule has 1 unspecified atom stereocenters. The summed E-state index contributed by atoms with van der Waals surface area (Å²) in [6, 6.07) is 15.8. The lowest BCUT2D eigenvalue weighted by atomic mass is 9.75. The van der Waals surface area contributed by atoms with Crippen LogP contribution in [0.5, 0.6) is 11.5 Å². The first-order valence-corrected chi connectivity index (χ1v) is 11.4. The van der Waals surface area contributed by atoms with Crippen LogP contribution in [0, 0.1) is 18.3 Å². The van der Waals surface area contributed by atoms with Gasteiger partial charge in [-0.1, -0.05) is 18.2 Å². The van der Waals surface area contributed by atoms with Crippen molar-refractivity contribution in [3.8, 4) is 17.6 Å². The standard InChI is InChI=1S/C27H29N3O3/c1-4-32-18-13-14-24(33-5-2)19(15-18)25-20(16-28)27(29)30(21-10-7-6-9-17(21)3)22-11-8-12-23(31)26(22)25/h6-7,9-10,13-15,25H,4-5,8,11-12,29H2,1-3H3. The van der Waals surface area contributed by atoms with Crippen LogP contribution in [0.1, 0.15) is 50.2 Å². The molecule has 170 valence electrons. The summed E-state index contributed by atoms with van der Waals surface area (Å²) >= 11 is 0. The second kappa shape index (κ2) is 9.41. The summed E-state index contributed by atoms with van der Waals surface area (Å²) in [5.41, 5.74) is 11.2. The zero-order valence-electron chi connectivity index (χ0n) is 19.4. The number of anilines is 1. The van der Waals surface area contributed by atoms with E-state index in [-0.39, 0.29) is 5.78 Å². The van der Waals surface area contributed by atoms with Crippen LogP contribution in [0.15, 0.2) is 65.1 Å². The molecule has 1 heterocycles. The van der Waals surface area contributed by atoms with Gasteiger partial charge in [0.1, 0.15) is 17.3 Å². The smallest absolute Gasteiger partial charge is 0.161 e. The molecule has 0 aromatic heterocycles. The van der Waals surface area contributed by atoms with Crippen molar-refractivity contribution in [3.63, 3.8) is 0 Å². The highest BCUT2D eigenvalue weighted by atomic mass is 16.5. The van der Waals surface area contributed by atoms with E-state index in [0.717, 1.165) is 28.9 Å². The molecule has 0 saturated carbocycles. The number of para-hydroxylation sites is 1. The molecule has 0 radical (unpaired) electrons. The van der Waals surface area contributed by atoms with Crippen molar-refractivity contribution in [3.05, 3.63) is 76.3 Å². The normalized spacial score (nSPS) is 18.2. The Bertz CT molecular complexity index is 1190. The van der Waals surface area contributed by atoms with Gasteiger partial charge in [-0.05, 0) is 63.4 Å². The van der Waals surface area contributed by atoms with E-state index in [1.165, 1.54) is 0 Å². The van der Waals surface area contributed by atoms with Crippen LogP contribution in [-0.2, 0) is 4.79 Å². The number of benzene rings is 2. The van der Waals surface area contributed by atoms with Gasteiger partial charge >= 0.3 is 0 Å². The maximum absolute atomic E-state index is 13.4. The summed E-state index contributed by atoms with van der Waals surface area (Å²) < 4.78 is 11.7. The van der Waals surface area contributed by atoms with Gasteiger partial charge in [0.15, 0.2) is 5.78 Å². The predicted molar refractivity (Wildman–Crippen MR) is 128 cm³/mol. The number of aryl methyl sites for hydroxylation is 1.